The summed E-state index contributed by atoms with van der Waals surface area (Å²) in [5.41, 5.74) is 0.829. The first kappa shape index (κ1) is 17.9. The Morgan fingerprint density at radius 3 is 2.62 bits per heavy atom. The van der Waals surface area contributed by atoms with Crippen LogP contribution in [0.4, 0.5) is 4.79 Å². The van der Waals surface area contributed by atoms with Gasteiger partial charge in [0.2, 0.25) is 0 Å². The number of fused-ring (bicyclic) bond motifs is 1. The molecule has 0 aliphatic rings. The minimum Gasteiger partial charge on any atom is -0.451 e. The van der Waals surface area contributed by atoms with Crippen molar-refractivity contribution < 1.29 is 19.1 Å². The van der Waals surface area contributed by atoms with Gasteiger partial charge in [-0.25, -0.2) is 9.59 Å². The first-order chi connectivity index (χ1) is 11.4. The molecule has 0 fully saturated rings. The Balaban J connectivity index is 1.91. The highest BCUT2D eigenvalue weighted by molar-refractivity contribution is 7.21. The van der Waals surface area contributed by atoms with E-state index in [9.17, 15) is 14.4 Å². The highest BCUT2D eigenvalue weighted by Crippen LogP contribution is 2.30. The first-order valence-electron chi connectivity index (χ1n) is 7.68. The molecule has 2 N–H and O–H groups in total. The van der Waals surface area contributed by atoms with E-state index >= 15 is 0 Å². The predicted octanol–water partition coefficient (Wildman–Crippen LogP) is 2.99. The molecule has 2 rings (SSSR count). The van der Waals surface area contributed by atoms with E-state index in [-0.39, 0.29) is 6.04 Å². The molecule has 1 aromatic carbocycles. The van der Waals surface area contributed by atoms with Crippen LogP contribution in [0.15, 0.2) is 24.3 Å². The van der Waals surface area contributed by atoms with Crippen LogP contribution in [0.1, 0.15) is 35.5 Å². The molecule has 1 atom stereocenters. The number of amides is 3. The average Bonchev–Trinajstić information content (AvgIpc) is 2.89. The van der Waals surface area contributed by atoms with Crippen LogP contribution < -0.4 is 10.6 Å². The third-order valence-corrected chi connectivity index (χ3v) is 4.86. The van der Waals surface area contributed by atoms with Crippen LogP contribution in [-0.4, -0.2) is 30.6 Å². The van der Waals surface area contributed by atoms with Crippen molar-refractivity contribution in [1.82, 2.24) is 10.6 Å². The minimum atomic E-state index is -0.664. The molecule has 0 saturated carbocycles. The summed E-state index contributed by atoms with van der Waals surface area (Å²) in [5, 5.41) is 5.72. The number of thiophene rings is 1. The second-order valence-electron chi connectivity index (χ2n) is 5.46. The predicted molar refractivity (Wildman–Crippen MR) is 93.3 cm³/mol. The van der Waals surface area contributed by atoms with Gasteiger partial charge in [0.25, 0.3) is 5.91 Å². The van der Waals surface area contributed by atoms with Gasteiger partial charge in [0, 0.05) is 10.7 Å². The van der Waals surface area contributed by atoms with Crippen LogP contribution in [-0.2, 0) is 9.53 Å². The Bertz CT molecular complexity index is 769. The van der Waals surface area contributed by atoms with E-state index in [2.05, 4.69) is 10.6 Å². The van der Waals surface area contributed by atoms with E-state index in [4.69, 9.17) is 4.74 Å². The van der Waals surface area contributed by atoms with Gasteiger partial charge in [-0.3, -0.25) is 10.1 Å². The molecule has 128 valence electrons. The maximum absolute atomic E-state index is 12.2. The lowest BCUT2D eigenvalue weighted by atomic mass is 10.1. The summed E-state index contributed by atoms with van der Waals surface area (Å²) in [6.07, 6.45) is 0.752. The lowest BCUT2D eigenvalue weighted by Gasteiger charge is -2.11. The lowest BCUT2D eigenvalue weighted by molar-refractivity contribution is -0.123. The molecule has 0 bridgehead atoms. The number of imide groups is 1. The summed E-state index contributed by atoms with van der Waals surface area (Å²) in [6.45, 7) is 5.09. The van der Waals surface area contributed by atoms with Gasteiger partial charge >= 0.3 is 12.0 Å². The molecule has 3 amide bonds. The molecular weight excluding hydrogens is 328 g/mol. The quantitative estimate of drug-likeness (QED) is 0.814. The van der Waals surface area contributed by atoms with E-state index in [1.54, 1.807) is 0 Å². The number of esters is 1. The number of benzene rings is 1. The first-order valence-corrected chi connectivity index (χ1v) is 8.49. The number of ether oxygens (including phenoxy) is 1. The Kier molecular flexibility index (Phi) is 5.92. The van der Waals surface area contributed by atoms with Crippen LogP contribution in [0.3, 0.4) is 0 Å². The van der Waals surface area contributed by atoms with Gasteiger partial charge in [0.15, 0.2) is 6.61 Å². The standard InChI is InChI=1S/C17H20N2O4S/c1-4-10(2)18-17(22)19-14(20)9-23-16(21)15-11(3)12-7-5-6-8-13(12)24-15/h5-8,10H,4,9H2,1-3H3,(H2,18,19,20,22)/t10-/m0/s1. The van der Waals surface area contributed by atoms with Gasteiger partial charge in [0.05, 0.1) is 0 Å². The van der Waals surface area contributed by atoms with Gasteiger partial charge in [-0.2, -0.15) is 0 Å². The maximum Gasteiger partial charge on any atom is 0.349 e. The zero-order valence-electron chi connectivity index (χ0n) is 13.8. The fourth-order valence-electron chi connectivity index (χ4n) is 2.09. The van der Waals surface area contributed by atoms with Crippen molar-refractivity contribution in [3.05, 3.63) is 34.7 Å². The van der Waals surface area contributed by atoms with Crippen molar-refractivity contribution >= 4 is 39.3 Å². The highest BCUT2D eigenvalue weighted by Gasteiger charge is 2.18. The van der Waals surface area contributed by atoms with E-state index in [0.717, 1.165) is 22.1 Å². The molecule has 0 unspecified atom stereocenters. The SMILES string of the molecule is CC[C@H](C)NC(=O)NC(=O)COC(=O)c1sc2ccccc2c1C. The molecule has 7 heteroatoms. The summed E-state index contributed by atoms with van der Waals surface area (Å²) in [6, 6.07) is 7.03. The second-order valence-corrected chi connectivity index (χ2v) is 6.51. The van der Waals surface area contributed by atoms with Crippen molar-refractivity contribution in [2.75, 3.05) is 6.61 Å². The molecule has 6 nitrogen and oxygen atoms in total. The fourth-order valence-corrected chi connectivity index (χ4v) is 3.19. The molecule has 0 spiro atoms. The normalized spacial score (nSPS) is 11.8. The molecule has 24 heavy (non-hydrogen) atoms. The number of aryl methyl sites for hydroxylation is 1. The molecule has 1 heterocycles. The number of urea groups is 1. The Hall–Kier alpha value is -2.41. The van der Waals surface area contributed by atoms with E-state index in [1.807, 2.05) is 45.0 Å². The highest BCUT2D eigenvalue weighted by atomic mass is 32.1. The number of carbonyl (C=O) groups is 3. The van der Waals surface area contributed by atoms with E-state index in [0.29, 0.717) is 4.88 Å². The summed E-state index contributed by atoms with van der Waals surface area (Å²) in [7, 11) is 0. The van der Waals surface area contributed by atoms with E-state index in [1.165, 1.54) is 11.3 Å². The topological polar surface area (TPSA) is 84.5 Å². The number of rotatable bonds is 5. The van der Waals surface area contributed by atoms with Crippen molar-refractivity contribution in [2.45, 2.75) is 33.2 Å². The maximum atomic E-state index is 12.2. The van der Waals surface area contributed by atoms with Gasteiger partial charge in [-0.05, 0) is 37.3 Å². The van der Waals surface area contributed by atoms with Crippen molar-refractivity contribution in [3.63, 3.8) is 0 Å². The minimum absolute atomic E-state index is 0.0402. The molecule has 0 aliphatic carbocycles. The summed E-state index contributed by atoms with van der Waals surface area (Å²) in [4.78, 5) is 35.8. The van der Waals surface area contributed by atoms with Gasteiger partial charge in [0.1, 0.15) is 4.88 Å². The van der Waals surface area contributed by atoms with Crippen LogP contribution in [0.5, 0.6) is 0 Å². The Morgan fingerprint density at radius 1 is 1.25 bits per heavy atom. The molecule has 0 radical (unpaired) electrons. The van der Waals surface area contributed by atoms with Gasteiger partial charge < -0.3 is 10.1 Å². The monoisotopic (exact) mass is 348 g/mol. The molecular formula is C17H20N2O4S. The summed E-state index contributed by atoms with van der Waals surface area (Å²) in [5.74, 6) is -1.23. The molecule has 2 aromatic rings. The van der Waals surface area contributed by atoms with Crippen molar-refractivity contribution in [1.29, 1.82) is 0 Å². The van der Waals surface area contributed by atoms with Crippen LogP contribution >= 0.6 is 11.3 Å². The zero-order valence-corrected chi connectivity index (χ0v) is 14.7. The van der Waals surface area contributed by atoms with Gasteiger partial charge in [-0.1, -0.05) is 25.1 Å². The van der Waals surface area contributed by atoms with Crippen molar-refractivity contribution in [2.24, 2.45) is 0 Å². The van der Waals surface area contributed by atoms with Crippen molar-refractivity contribution in [3.8, 4) is 0 Å². The Morgan fingerprint density at radius 2 is 1.96 bits per heavy atom. The summed E-state index contributed by atoms with van der Waals surface area (Å²) < 4.78 is 6.00. The van der Waals surface area contributed by atoms with Crippen LogP contribution in [0, 0.1) is 6.92 Å². The Labute approximate surface area is 144 Å². The molecule has 1 aromatic heterocycles. The smallest absolute Gasteiger partial charge is 0.349 e. The van der Waals surface area contributed by atoms with Crippen LogP contribution in [0.2, 0.25) is 0 Å². The fraction of sp³-hybridized carbons (Fsp3) is 0.353. The number of hydrogen-bond donors (Lipinski definition) is 2. The zero-order chi connectivity index (χ0) is 17.7. The number of nitrogens with one attached hydrogen (secondary N) is 2. The molecule has 0 saturated heterocycles. The van der Waals surface area contributed by atoms with E-state index < -0.39 is 24.5 Å². The molecule has 0 aliphatic heterocycles. The third kappa shape index (κ3) is 4.32. The number of hydrogen-bond acceptors (Lipinski definition) is 5. The largest absolute Gasteiger partial charge is 0.451 e. The average molecular weight is 348 g/mol. The van der Waals surface area contributed by atoms with Crippen LogP contribution in [0.25, 0.3) is 10.1 Å². The third-order valence-electron chi connectivity index (χ3n) is 3.61. The summed E-state index contributed by atoms with van der Waals surface area (Å²) >= 11 is 1.32. The second kappa shape index (κ2) is 7.92. The number of carbonyl (C=O) groups excluding carboxylic acids is 3. The lowest BCUT2D eigenvalue weighted by Crippen LogP contribution is -2.44. The van der Waals surface area contributed by atoms with Gasteiger partial charge in [-0.15, -0.1) is 11.3 Å².